The highest BCUT2D eigenvalue weighted by atomic mass is 19.1. The lowest BCUT2D eigenvalue weighted by atomic mass is 10.0. The van der Waals surface area contributed by atoms with Crippen LogP contribution in [-0.4, -0.2) is 37.1 Å². The highest BCUT2D eigenvalue weighted by Gasteiger charge is 2.25. The molecule has 1 aliphatic rings. The largest absolute Gasteiger partial charge is 0.466 e. The van der Waals surface area contributed by atoms with Gasteiger partial charge in [0.15, 0.2) is 0 Å². The maximum Gasteiger partial charge on any atom is 0.330 e. The van der Waals surface area contributed by atoms with Gasteiger partial charge in [-0.1, -0.05) is 6.07 Å². The van der Waals surface area contributed by atoms with Gasteiger partial charge in [-0.05, 0) is 54.8 Å². The van der Waals surface area contributed by atoms with Crippen molar-refractivity contribution in [1.82, 2.24) is 0 Å². The summed E-state index contributed by atoms with van der Waals surface area (Å²) in [5, 5.41) is 14.9. The predicted octanol–water partition coefficient (Wildman–Crippen LogP) is 4.00. The van der Waals surface area contributed by atoms with Crippen molar-refractivity contribution in [3.8, 4) is 0 Å². The zero-order chi connectivity index (χ0) is 20.8. The van der Waals surface area contributed by atoms with Crippen LogP contribution in [-0.2, 0) is 9.53 Å². The zero-order valence-corrected chi connectivity index (χ0v) is 16.0. The Balaban J connectivity index is 1.67. The van der Waals surface area contributed by atoms with E-state index in [4.69, 9.17) is 0 Å². The summed E-state index contributed by atoms with van der Waals surface area (Å²) in [6.45, 7) is 1.33. The molecule has 0 saturated carbocycles. The van der Waals surface area contributed by atoms with Crippen LogP contribution in [0.15, 0.2) is 48.5 Å². The molecule has 1 heterocycles. The lowest BCUT2D eigenvalue weighted by Gasteiger charge is -2.34. The molecule has 8 heteroatoms. The molecule has 2 aromatic rings. The van der Waals surface area contributed by atoms with Crippen molar-refractivity contribution in [1.29, 1.82) is 0 Å². The maximum absolute atomic E-state index is 13.0. The molecular formula is C21H22FN3O4. The van der Waals surface area contributed by atoms with Crippen molar-refractivity contribution < 1.29 is 18.8 Å². The monoisotopic (exact) mass is 399 g/mol. The summed E-state index contributed by atoms with van der Waals surface area (Å²) in [5.74, 6) is -0.796. The van der Waals surface area contributed by atoms with Crippen molar-refractivity contribution in [2.45, 2.75) is 18.9 Å². The van der Waals surface area contributed by atoms with Gasteiger partial charge in [0.2, 0.25) is 0 Å². The van der Waals surface area contributed by atoms with E-state index in [2.05, 4.69) is 10.1 Å². The van der Waals surface area contributed by atoms with Crippen molar-refractivity contribution in [2.24, 2.45) is 0 Å². The third-order valence-corrected chi connectivity index (χ3v) is 4.86. The molecule has 152 valence electrons. The van der Waals surface area contributed by atoms with Gasteiger partial charge in [-0.2, -0.15) is 0 Å². The van der Waals surface area contributed by atoms with Gasteiger partial charge in [0, 0.05) is 37.0 Å². The second-order valence-electron chi connectivity index (χ2n) is 6.77. The number of carbonyl (C=O) groups is 1. The molecule has 0 spiro atoms. The van der Waals surface area contributed by atoms with Crippen LogP contribution in [0.3, 0.4) is 0 Å². The standard InChI is InChI=1S/C21H22FN3O4/c1-29-21(26)9-3-15-2-8-19(20(14-15)25(27)28)24-12-10-18(11-13-24)23-17-6-4-16(22)5-7-17/h2-9,14,18,23H,10-13H2,1H3. The van der Waals surface area contributed by atoms with E-state index in [1.165, 1.54) is 37.5 Å². The number of esters is 1. The van der Waals surface area contributed by atoms with Gasteiger partial charge in [-0.25, -0.2) is 9.18 Å². The number of hydrogen-bond acceptors (Lipinski definition) is 6. The molecule has 2 aromatic carbocycles. The van der Waals surface area contributed by atoms with E-state index in [1.54, 1.807) is 24.3 Å². The molecular weight excluding hydrogens is 377 g/mol. The quantitative estimate of drug-likeness (QED) is 0.342. The van der Waals surface area contributed by atoms with Crippen LogP contribution in [0.2, 0.25) is 0 Å². The number of halogens is 1. The first-order valence-electron chi connectivity index (χ1n) is 9.28. The van der Waals surface area contributed by atoms with Crippen molar-refractivity contribution >= 4 is 29.1 Å². The molecule has 7 nitrogen and oxygen atoms in total. The number of anilines is 2. The molecule has 0 aliphatic carbocycles. The average molecular weight is 399 g/mol. The first-order chi connectivity index (χ1) is 14.0. The SMILES string of the molecule is COC(=O)C=Cc1ccc(N2CCC(Nc3ccc(F)cc3)CC2)c([N+](=O)[O-])c1. The van der Waals surface area contributed by atoms with Crippen molar-refractivity contribution in [2.75, 3.05) is 30.4 Å². The Labute approximate surface area is 167 Å². The van der Waals surface area contributed by atoms with Crippen molar-refractivity contribution in [3.63, 3.8) is 0 Å². The topological polar surface area (TPSA) is 84.7 Å². The van der Waals surface area contributed by atoms with Crippen LogP contribution in [0.4, 0.5) is 21.5 Å². The highest BCUT2D eigenvalue weighted by molar-refractivity contribution is 5.87. The minimum absolute atomic E-state index is 0.00181. The van der Waals surface area contributed by atoms with Crippen LogP contribution < -0.4 is 10.2 Å². The summed E-state index contributed by atoms with van der Waals surface area (Å²) in [5.41, 5.74) is 1.98. The van der Waals surface area contributed by atoms with Crippen LogP contribution in [0.1, 0.15) is 18.4 Å². The Kier molecular flexibility index (Phi) is 6.43. The van der Waals surface area contributed by atoms with E-state index >= 15 is 0 Å². The number of carbonyl (C=O) groups excluding carboxylic acids is 1. The molecule has 1 fully saturated rings. The molecule has 0 atom stereocenters. The van der Waals surface area contributed by atoms with Crippen LogP contribution in [0, 0.1) is 15.9 Å². The fraction of sp³-hybridized carbons (Fsp3) is 0.286. The summed E-state index contributed by atoms with van der Waals surface area (Å²) in [6.07, 6.45) is 4.32. The second-order valence-corrected chi connectivity index (χ2v) is 6.77. The Bertz CT molecular complexity index is 907. The van der Waals surface area contributed by atoms with Crippen LogP contribution >= 0.6 is 0 Å². The third-order valence-electron chi connectivity index (χ3n) is 4.86. The number of ether oxygens (including phenoxy) is 1. The summed E-state index contributed by atoms with van der Waals surface area (Å²) in [7, 11) is 1.27. The Hall–Kier alpha value is -3.42. The van der Waals surface area contributed by atoms with Gasteiger partial charge in [0.25, 0.3) is 5.69 Å². The minimum Gasteiger partial charge on any atom is -0.466 e. The number of rotatable bonds is 6. The number of hydrogen-bond donors (Lipinski definition) is 1. The molecule has 0 radical (unpaired) electrons. The van der Waals surface area contributed by atoms with E-state index < -0.39 is 10.9 Å². The Morgan fingerprint density at radius 1 is 1.24 bits per heavy atom. The van der Waals surface area contributed by atoms with Gasteiger partial charge in [-0.15, -0.1) is 0 Å². The number of nitro benzene ring substituents is 1. The summed E-state index contributed by atoms with van der Waals surface area (Å²) >= 11 is 0. The fourth-order valence-electron chi connectivity index (χ4n) is 3.34. The van der Waals surface area contributed by atoms with Gasteiger partial charge >= 0.3 is 5.97 Å². The van der Waals surface area contributed by atoms with Gasteiger partial charge in [-0.3, -0.25) is 10.1 Å². The number of nitrogens with one attached hydrogen (secondary N) is 1. The van der Waals surface area contributed by atoms with Crippen LogP contribution in [0.5, 0.6) is 0 Å². The number of nitro groups is 1. The fourth-order valence-corrected chi connectivity index (χ4v) is 3.34. The average Bonchev–Trinajstić information content (AvgIpc) is 2.74. The van der Waals surface area contributed by atoms with E-state index in [0.717, 1.165) is 18.5 Å². The normalized spacial score (nSPS) is 14.8. The molecule has 29 heavy (non-hydrogen) atoms. The lowest BCUT2D eigenvalue weighted by molar-refractivity contribution is -0.384. The van der Waals surface area contributed by atoms with Gasteiger partial charge < -0.3 is 15.0 Å². The molecule has 0 unspecified atom stereocenters. The molecule has 1 aliphatic heterocycles. The minimum atomic E-state index is -0.521. The third kappa shape index (κ3) is 5.31. The molecule has 1 saturated heterocycles. The molecule has 3 rings (SSSR count). The zero-order valence-electron chi connectivity index (χ0n) is 16.0. The van der Waals surface area contributed by atoms with E-state index in [1.807, 2.05) is 4.90 Å². The summed E-state index contributed by atoms with van der Waals surface area (Å²) in [6, 6.07) is 11.4. The Morgan fingerprint density at radius 2 is 1.93 bits per heavy atom. The van der Waals surface area contributed by atoms with Crippen molar-refractivity contribution in [3.05, 3.63) is 70.0 Å². The smallest absolute Gasteiger partial charge is 0.330 e. The number of nitrogens with zero attached hydrogens (tertiary/aromatic N) is 2. The first-order valence-corrected chi connectivity index (χ1v) is 9.28. The second kappa shape index (κ2) is 9.18. The maximum atomic E-state index is 13.0. The van der Waals surface area contributed by atoms with E-state index in [0.29, 0.717) is 24.3 Å². The number of benzene rings is 2. The van der Waals surface area contributed by atoms with E-state index in [-0.39, 0.29) is 17.5 Å². The van der Waals surface area contributed by atoms with Gasteiger partial charge in [0.1, 0.15) is 11.5 Å². The number of methoxy groups -OCH3 is 1. The van der Waals surface area contributed by atoms with Gasteiger partial charge in [0.05, 0.1) is 12.0 Å². The predicted molar refractivity (Wildman–Crippen MR) is 109 cm³/mol. The molecule has 0 amide bonds. The lowest BCUT2D eigenvalue weighted by Crippen LogP contribution is -2.39. The number of piperidine rings is 1. The molecule has 0 bridgehead atoms. The highest BCUT2D eigenvalue weighted by Crippen LogP contribution is 2.32. The van der Waals surface area contributed by atoms with Crippen LogP contribution in [0.25, 0.3) is 6.08 Å². The summed E-state index contributed by atoms with van der Waals surface area (Å²) in [4.78, 5) is 24.4. The first kappa shape index (κ1) is 20.3. The molecule has 1 N–H and O–H groups in total. The van der Waals surface area contributed by atoms with E-state index in [9.17, 15) is 19.3 Å². The molecule has 0 aromatic heterocycles. The Morgan fingerprint density at radius 3 is 2.55 bits per heavy atom. The summed E-state index contributed by atoms with van der Waals surface area (Å²) < 4.78 is 17.6.